The molecule has 1 atom stereocenters. The van der Waals surface area contributed by atoms with Gasteiger partial charge in [-0.25, -0.2) is 0 Å². The lowest BCUT2D eigenvalue weighted by Crippen LogP contribution is -2.50. The van der Waals surface area contributed by atoms with Crippen molar-refractivity contribution >= 4 is 23.4 Å². The Balaban J connectivity index is 1.77. The van der Waals surface area contributed by atoms with E-state index in [-0.39, 0.29) is 30.8 Å². The van der Waals surface area contributed by atoms with Gasteiger partial charge < -0.3 is 19.7 Å². The highest BCUT2D eigenvalue weighted by Crippen LogP contribution is 2.31. The molecule has 0 aliphatic carbocycles. The fourth-order valence-electron chi connectivity index (χ4n) is 3.75. The molecule has 0 fully saturated rings. The van der Waals surface area contributed by atoms with Crippen LogP contribution >= 0.6 is 11.6 Å². The van der Waals surface area contributed by atoms with Gasteiger partial charge in [-0.2, -0.15) is 0 Å². The highest BCUT2D eigenvalue weighted by Gasteiger charge is 2.29. The molecule has 0 aromatic heterocycles. The number of carbonyl (C=O) groups is 2. The molecular formula is C25H31ClN2O4. The van der Waals surface area contributed by atoms with Crippen molar-refractivity contribution in [2.75, 3.05) is 13.2 Å². The topological polar surface area (TPSA) is 67.9 Å². The fraction of sp³-hybridized carbons (Fsp3) is 0.440. The number of halogens is 1. The molecule has 0 spiro atoms. The summed E-state index contributed by atoms with van der Waals surface area (Å²) in [6.45, 7) is 7.07. The minimum atomic E-state index is -0.568. The number of hydrogen-bond donors (Lipinski definition) is 1. The van der Waals surface area contributed by atoms with Crippen LogP contribution in [0.1, 0.15) is 44.7 Å². The summed E-state index contributed by atoms with van der Waals surface area (Å²) < 4.78 is 11.2. The summed E-state index contributed by atoms with van der Waals surface area (Å²) in [7, 11) is 0. The van der Waals surface area contributed by atoms with Gasteiger partial charge in [0.25, 0.3) is 0 Å². The van der Waals surface area contributed by atoms with Crippen LogP contribution in [0.5, 0.6) is 11.5 Å². The molecule has 2 amide bonds. The van der Waals surface area contributed by atoms with Gasteiger partial charge in [-0.05, 0) is 56.0 Å². The number of rotatable bonds is 9. The quantitative estimate of drug-likeness (QED) is 0.605. The van der Waals surface area contributed by atoms with E-state index in [2.05, 4.69) is 5.32 Å². The monoisotopic (exact) mass is 458 g/mol. The number of hydrogen-bond acceptors (Lipinski definition) is 4. The molecule has 2 aromatic rings. The van der Waals surface area contributed by atoms with Crippen LogP contribution in [0.4, 0.5) is 0 Å². The number of nitrogens with one attached hydrogen (secondary N) is 1. The maximum Gasteiger partial charge on any atom is 0.243 e. The zero-order chi connectivity index (χ0) is 23.1. The van der Waals surface area contributed by atoms with Crippen LogP contribution in [0.3, 0.4) is 0 Å². The second-order valence-electron chi connectivity index (χ2n) is 8.18. The number of benzene rings is 2. The summed E-state index contributed by atoms with van der Waals surface area (Å²) in [5.74, 6) is 1.19. The normalized spacial score (nSPS) is 13.5. The largest absolute Gasteiger partial charge is 0.486 e. The zero-order valence-electron chi connectivity index (χ0n) is 18.9. The van der Waals surface area contributed by atoms with Gasteiger partial charge in [-0.15, -0.1) is 0 Å². The van der Waals surface area contributed by atoms with Gasteiger partial charge in [0.2, 0.25) is 11.8 Å². The van der Waals surface area contributed by atoms with E-state index in [9.17, 15) is 9.59 Å². The van der Waals surface area contributed by atoms with E-state index in [1.807, 2.05) is 57.2 Å². The van der Waals surface area contributed by atoms with Crippen molar-refractivity contribution in [3.8, 4) is 11.5 Å². The van der Waals surface area contributed by atoms with Crippen LogP contribution < -0.4 is 14.8 Å². The SMILES string of the molecule is CCC(C(=O)NC(C)C)N(Cc1ccccc1Cl)C(=O)CCc1ccc2c(c1)OCCO2. The van der Waals surface area contributed by atoms with Crippen LogP contribution in [0.25, 0.3) is 0 Å². The molecule has 1 aliphatic heterocycles. The predicted octanol–water partition coefficient (Wildman–Crippen LogP) is 4.38. The first-order valence-corrected chi connectivity index (χ1v) is 11.5. The van der Waals surface area contributed by atoms with Crippen LogP contribution in [-0.2, 0) is 22.6 Å². The van der Waals surface area contributed by atoms with E-state index in [4.69, 9.17) is 21.1 Å². The van der Waals surface area contributed by atoms with Crippen molar-refractivity contribution in [3.05, 3.63) is 58.6 Å². The van der Waals surface area contributed by atoms with Crippen molar-refractivity contribution in [1.29, 1.82) is 0 Å². The molecule has 0 saturated carbocycles. The standard InChI is InChI=1S/C25H31ClN2O4/c1-4-21(25(30)27-17(2)3)28(16-19-7-5-6-8-20(19)26)24(29)12-10-18-9-11-22-23(15-18)32-14-13-31-22/h5-9,11,15,17,21H,4,10,12-14,16H2,1-3H3,(H,27,30). The Morgan fingerprint density at radius 1 is 1.09 bits per heavy atom. The predicted molar refractivity (Wildman–Crippen MR) is 125 cm³/mol. The van der Waals surface area contributed by atoms with E-state index >= 15 is 0 Å². The first-order valence-electron chi connectivity index (χ1n) is 11.1. The maximum atomic E-state index is 13.4. The summed E-state index contributed by atoms with van der Waals surface area (Å²) in [4.78, 5) is 27.9. The third-order valence-corrected chi connectivity index (χ3v) is 5.72. The lowest BCUT2D eigenvalue weighted by atomic mass is 10.1. The number of aryl methyl sites for hydroxylation is 1. The van der Waals surface area contributed by atoms with Gasteiger partial charge in [0, 0.05) is 24.0 Å². The Hall–Kier alpha value is -2.73. The van der Waals surface area contributed by atoms with E-state index in [0.717, 1.165) is 16.9 Å². The molecule has 172 valence electrons. The van der Waals surface area contributed by atoms with Crippen LogP contribution in [0.15, 0.2) is 42.5 Å². The minimum absolute atomic E-state index is 0.00784. The second kappa shape index (κ2) is 11.2. The maximum absolute atomic E-state index is 13.4. The summed E-state index contributed by atoms with van der Waals surface area (Å²) in [5.41, 5.74) is 1.80. The Morgan fingerprint density at radius 3 is 2.50 bits per heavy atom. The number of nitrogens with zero attached hydrogens (tertiary/aromatic N) is 1. The van der Waals surface area contributed by atoms with E-state index in [0.29, 0.717) is 36.8 Å². The number of fused-ring (bicyclic) bond motifs is 1. The van der Waals surface area contributed by atoms with Gasteiger partial charge in [0.05, 0.1) is 0 Å². The number of amides is 2. The summed E-state index contributed by atoms with van der Waals surface area (Å²) >= 11 is 6.36. The fourth-order valence-corrected chi connectivity index (χ4v) is 3.94. The Kier molecular flexibility index (Phi) is 8.39. The summed E-state index contributed by atoms with van der Waals surface area (Å²) in [6.07, 6.45) is 1.32. The highest BCUT2D eigenvalue weighted by molar-refractivity contribution is 6.31. The smallest absolute Gasteiger partial charge is 0.243 e. The Labute approximate surface area is 194 Å². The molecule has 0 radical (unpaired) electrons. The van der Waals surface area contributed by atoms with Crippen LogP contribution in [-0.4, -0.2) is 42.0 Å². The van der Waals surface area contributed by atoms with Gasteiger partial charge >= 0.3 is 0 Å². The molecule has 1 unspecified atom stereocenters. The molecule has 6 nitrogen and oxygen atoms in total. The second-order valence-corrected chi connectivity index (χ2v) is 8.59. The molecule has 32 heavy (non-hydrogen) atoms. The molecule has 1 N–H and O–H groups in total. The first kappa shape index (κ1) is 23.9. The number of ether oxygens (including phenoxy) is 2. The molecule has 1 aliphatic rings. The molecule has 2 aromatic carbocycles. The molecule has 0 saturated heterocycles. The van der Waals surface area contributed by atoms with Crippen LogP contribution in [0, 0.1) is 0 Å². The van der Waals surface area contributed by atoms with Gasteiger partial charge in [0.15, 0.2) is 11.5 Å². The number of carbonyl (C=O) groups excluding carboxylic acids is 2. The third-order valence-electron chi connectivity index (χ3n) is 5.35. The average molecular weight is 459 g/mol. The zero-order valence-corrected chi connectivity index (χ0v) is 19.7. The summed E-state index contributed by atoms with van der Waals surface area (Å²) in [5, 5.41) is 3.52. The Morgan fingerprint density at radius 2 is 1.81 bits per heavy atom. The van der Waals surface area contributed by atoms with Crippen molar-refractivity contribution in [1.82, 2.24) is 10.2 Å². The van der Waals surface area contributed by atoms with Gasteiger partial charge in [-0.1, -0.05) is 42.8 Å². The minimum Gasteiger partial charge on any atom is -0.486 e. The lowest BCUT2D eigenvalue weighted by molar-refractivity contribution is -0.141. The van der Waals surface area contributed by atoms with Gasteiger partial charge in [-0.3, -0.25) is 9.59 Å². The molecule has 1 heterocycles. The molecule has 3 rings (SSSR count). The van der Waals surface area contributed by atoms with E-state index in [1.54, 1.807) is 11.0 Å². The third kappa shape index (κ3) is 6.16. The van der Waals surface area contributed by atoms with Crippen molar-refractivity contribution in [3.63, 3.8) is 0 Å². The molecule has 0 bridgehead atoms. The lowest BCUT2D eigenvalue weighted by Gasteiger charge is -2.31. The van der Waals surface area contributed by atoms with E-state index in [1.165, 1.54) is 0 Å². The molecule has 7 heteroatoms. The van der Waals surface area contributed by atoms with Crippen LogP contribution in [0.2, 0.25) is 5.02 Å². The van der Waals surface area contributed by atoms with Crippen molar-refractivity contribution in [2.24, 2.45) is 0 Å². The Bertz CT molecular complexity index is 947. The van der Waals surface area contributed by atoms with E-state index < -0.39 is 6.04 Å². The summed E-state index contributed by atoms with van der Waals surface area (Å²) in [6, 6.07) is 12.6. The van der Waals surface area contributed by atoms with Gasteiger partial charge in [0.1, 0.15) is 19.3 Å². The highest BCUT2D eigenvalue weighted by atomic mass is 35.5. The average Bonchev–Trinajstić information content (AvgIpc) is 2.78. The van der Waals surface area contributed by atoms with Crippen molar-refractivity contribution in [2.45, 2.75) is 58.7 Å². The van der Waals surface area contributed by atoms with Crippen molar-refractivity contribution < 1.29 is 19.1 Å². The molecular weight excluding hydrogens is 428 g/mol. The first-order chi connectivity index (χ1) is 15.4.